The maximum Gasteiger partial charge on any atom is 0.264 e. The minimum Gasteiger partial charge on any atom is -0.306 e. The van der Waals surface area contributed by atoms with Crippen LogP contribution in [0, 0.1) is 0 Å². The van der Waals surface area contributed by atoms with Gasteiger partial charge in [-0.05, 0) is 17.7 Å². The van der Waals surface area contributed by atoms with Crippen molar-refractivity contribution in [1.82, 2.24) is 4.98 Å². The zero-order valence-electron chi connectivity index (χ0n) is 10.2. The van der Waals surface area contributed by atoms with Crippen LogP contribution in [-0.2, 0) is 16.0 Å². The van der Waals surface area contributed by atoms with Gasteiger partial charge in [-0.3, -0.25) is 4.79 Å². The lowest BCUT2D eigenvalue weighted by molar-refractivity contribution is -0.112. The molecule has 0 saturated heterocycles. The normalized spacial score (nSPS) is 9.47. The zero-order valence-corrected chi connectivity index (χ0v) is 10.2. The maximum atomic E-state index is 11.9. The molecule has 19 heavy (non-hydrogen) atoms. The Hall–Kier alpha value is -2.71. The summed E-state index contributed by atoms with van der Waals surface area (Å²) in [7, 11) is 0. The number of hydrogen-bond donors (Lipinski definition) is 1. The molecule has 0 saturated carbocycles. The van der Waals surface area contributed by atoms with Crippen LogP contribution < -0.4 is 5.32 Å². The summed E-state index contributed by atoms with van der Waals surface area (Å²) in [6.07, 6.45) is 1.82. The molecule has 94 valence electrons. The fraction of sp³-hybridized carbons (Fsp3) is 0.0667. The Morgan fingerprint density at radius 3 is 2.47 bits per heavy atom. The van der Waals surface area contributed by atoms with E-state index in [0.29, 0.717) is 5.82 Å². The van der Waals surface area contributed by atoms with Crippen molar-refractivity contribution in [3.8, 4) is 0 Å². The topological polar surface area (TPSA) is 59.1 Å². The van der Waals surface area contributed by atoms with E-state index in [2.05, 4.69) is 10.3 Å². The fourth-order valence-corrected chi connectivity index (χ4v) is 1.59. The second-order valence-electron chi connectivity index (χ2n) is 3.91. The quantitative estimate of drug-likeness (QED) is 0.669. The van der Waals surface area contributed by atoms with Gasteiger partial charge in [-0.25, -0.2) is 9.78 Å². The van der Waals surface area contributed by atoms with E-state index in [0.717, 1.165) is 5.56 Å². The van der Waals surface area contributed by atoms with Crippen molar-refractivity contribution in [3.05, 3.63) is 65.9 Å². The molecule has 0 radical (unpaired) electrons. The highest BCUT2D eigenvalue weighted by molar-refractivity contribution is 6.08. The largest absolute Gasteiger partial charge is 0.306 e. The second-order valence-corrected chi connectivity index (χ2v) is 3.91. The van der Waals surface area contributed by atoms with Crippen LogP contribution in [0.5, 0.6) is 0 Å². The van der Waals surface area contributed by atoms with Gasteiger partial charge in [-0.15, -0.1) is 0 Å². The van der Waals surface area contributed by atoms with E-state index in [-0.39, 0.29) is 12.0 Å². The third-order valence-corrected chi connectivity index (χ3v) is 2.53. The third kappa shape index (κ3) is 3.63. The predicted molar refractivity (Wildman–Crippen MR) is 72.2 cm³/mol. The Balaban J connectivity index is 2.07. The number of nitrogens with zero attached hydrogens (tertiary/aromatic N) is 1. The van der Waals surface area contributed by atoms with E-state index in [4.69, 9.17) is 0 Å². The molecule has 0 spiro atoms. The van der Waals surface area contributed by atoms with Crippen molar-refractivity contribution in [2.75, 3.05) is 5.32 Å². The van der Waals surface area contributed by atoms with Crippen LogP contribution in [-0.4, -0.2) is 16.8 Å². The average molecular weight is 252 g/mol. The summed E-state index contributed by atoms with van der Waals surface area (Å²) < 4.78 is 0. The summed E-state index contributed by atoms with van der Waals surface area (Å²) >= 11 is 0. The van der Waals surface area contributed by atoms with E-state index >= 15 is 0 Å². The second kappa shape index (κ2) is 6.28. The molecule has 0 bridgehead atoms. The molecule has 2 aromatic rings. The van der Waals surface area contributed by atoms with Crippen LogP contribution in [0.3, 0.4) is 0 Å². The molecular formula is C15H12N2O2. The van der Waals surface area contributed by atoms with E-state index < -0.39 is 5.91 Å². The van der Waals surface area contributed by atoms with Crippen LogP contribution in [0.4, 0.5) is 5.82 Å². The number of aromatic nitrogens is 1. The van der Waals surface area contributed by atoms with E-state index in [9.17, 15) is 9.59 Å². The first-order chi connectivity index (χ1) is 9.29. The van der Waals surface area contributed by atoms with Crippen molar-refractivity contribution in [3.63, 3.8) is 0 Å². The number of benzene rings is 1. The van der Waals surface area contributed by atoms with Gasteiger partial charge in [0.15, 0.2) is 0 Å². The Bertz CT molecular complexity index is 603. The van der Waals surface area contributed by atoms with Gasteiger partial charge in [0, 0.05) is 12.6 Å². The number of carbonyl (C=O) groups is 1. The lowest BCUT2D eigenvalue weighted by atomic mass is 10.1. The SMILES string of the molecule is O=C=C(Cc1ccccc1)C(=O)Nc1ccccn1. The van der Waals surface area contributed by atoms with Gasteiger partial charge in [0.05, 0.1) is 0 Å². The van der Waals surface area contributed by atoms with Gasteiger partial charge in [-0.1, -0.05) is 36.4 Å². The summed E-state index contributed by atoms with van der Waals surface area (Å²) in [4.78, 5) is 26.8. The number of carbonyl (C=O) groups excluding carboxylic acids is 2. The molecule has 1 aromatic carbocycles. The predicted octanol–water partition coefficient (Wildman–Crippen LogP) is 2.02. The first kappa shape index (κ1) is 12.7. The van der Waals surface area contributed by atoms with Crippen molar-refractivity contribution < 1.29 is 9.59 Å². The average Bonchev–Trinajstić information content (AvgIpc) is 2.47. The molecule has 0 unspecified atom stereocenters. The Morgan fingerprint density at radius 2 is 1.84 bits per heavy atom. The molecule has 0 atom stereocenters. The van der Waals surface area contributed by atoms with Gasteiger partial charge in [0.1, 0.15) is 17.3 Å². The van der Waals surface area contributed by atoms with Gasteiger partial charge in [-0.2, -0.15) is 0 Å². The zero-order chi connectivity index (χ0) is 13.5. The Morgan fingerprint density at radius 1 is 1.11 bits per heavy atom. The minimum atomic E-state index is -0.474. The summed E-state index contributed by atoms with van der Waals surface area (Å²) in [6, 6.07) is 14.4. The summed E-state index contributed by atoms with van der Waals surface area (Å²) in [5.74, 6) is 1.63. The molecule has 1 heterocycles. The maximum absolute atomic E-state index is 11.9. The highest BCUT2D eigenvalue weighted by Gasteiger charge is 2.12. The molecule has 1 aromatic heterocycles. The molecule has 0 aliphatic rings. The number of amides is 1. The number of rotatable bonds is 4. The van der Waals surface area contributed by atoms with Gasteiger partial charge < -0.3 is 5.32 Å². The molecule has 4 nitrogen and oxygen atoms in total. The third-order valence-electron chi connectivity index (χ3n) is 2.53. The molecule has 0 fully saturated rings. The first-order valence-electron chi connectivity index (χ1n) is 5.80. The van der Waals surface area contributed by atoms with Crippen LogP contribution in [0.2, 0.25) is 0 Å². The number of nitrogens with one attached hydrogen (secondary N) is 1. The van der Waals surface area contributed by atoms with E-state index in [1.165, 1.54) is 0 Å². The van der Waals surface area contributed by atoms with Crippen LogP contribution in [0.15, 0.2) is 60.3 Å². The van der Waals surface area contributed by atoms with Gasteiger partial charge in [0.2, 0.25) is 0 Å². The van der Waals surface area contributed by atoms with Gasteiger partial charge in [0.25, 0.3) is 5.91 Å². The minimum absolute atomic E-state index is 0.0526. The Labute approximate surface area is 110 Å². The summed E-state index contributed by atoms with van der Waals surface area (Å²) in [6.45, 7) is 0. The van der Waals surface area contributed by atoms with Crippen LogP contribution in [0.1, 0.15) is 5.56 Å². The monoisotopic (exact) mass is 252 g/mol. The molecule has 0 aliphatic carbocycles. The van der Waals surface area contributed by atoms with Crippen LogP contribution in [0.25, 0.3) is 0 Å². The van der Waals surface area contributed by atoms with Gasteiger partial charge >= 0.3 is 0 Å². The number of pyridine rings is 1. The molecule has 1 N–H and O–H groups in total. The smallest absolute Gasteiger partial charge is 0.264 e. The summed E-state index contributed by atoms with van der Waals surface area (Å²) in [5, 5.41) is 2.56. The number of anilines is 1. The molecule has 4 heteroatoms. The van der Waals surface area contributed by atoms with Crippen molar-refractivity contribution in [1.29, 1.82) is 0 Å². The molecule has 2 rings (SSSR count). The molecule has 1 amide bonds. The van der Waals surface area contributed by atoms with Crippen LogP contribution >= 0.6 is 0 Å². The lowest BCUT2D eigenvalue weighted by Gasteiger charge is -2.05. The Kier molecular flexibility index (Phi) is 4.21. The standard InChI is InChI=1S/C15H12N2O2/c18-11-13(10-12-6-2-1-3-7-12)15(19)17-14-8-4-5-9-16-14/h1-9H,10H2,(H,16,17,19). The van der Waals surface area contributed by atoms with E-state index in [1.54, 1.807) is 30.3 Å². The lowest BCUT2D eigenvalue weighted by Crippen LogP contribution is -2.17. The van der Waals surface area contributed by atoms with Crippen molar-refractivity contribution in [2.45, 2.75) is 6.42 Å². The fourth-order valence-electron chi connectivity index (χ4n) is 1.59. The van der Waals surface area contributed by atoms with E-state index in [1.807, 2.05) is 30.3 Å². The van der Waals surface area contributed by atoms with Crippen molar-refractivity contribution in [2.24, 2.45) is 0 Å². The highest BCUT2D eigenvalue weighted by Crippen LogP contribution is 2.08. The first-order valence-corrected chi connectivity index (χ1v) is 5.80. The summed E-state index contributed by atoms with van der Waals surface area (Å²) in [5.41, 5.74) is 0.939. The molecular weight excluding hydrogens is 240 g/mol. The number of hydrogen-bond acceptors (Lipinski definition) is 3. The molecule has 0 aliphatic heterocycles. The highest BCUT2D eigenvalue weighted by atomic mass is 16.2. The van der Waals surface area contributed by atoms with Crippen molar-refractivity contribution >= 4 is 17.7 Å².